The second kappa shape index (κ2) is 4.23. The monoisotopic (exact) mass is 254 g/mol. The van der Waals surface area contributed by atoms with Crippen molar-refractivity contribution >= 4 is 11.9 Å². The molecule has 2 rings (SSSR count). The second-order valence-electron chi connectivity index (χ2n) is 6.12. The van der Waals surface area contributed by atoms with E-state index in [-0.39, 0.29) is 17.2 Å². The quantitative estimate of drug-likeness (QED) is 0.772. The van der Waals surface area contributed by atoms with E-state index in [1.54, 1.807) is 0 Å². The number of hydrogen-bond donors (Lipinski definition) is 2. The van der Waals surface area contributed by atoms with E-state index in [0.29, 0.717) is 18.9 Å². The van der Waals surface area contributed by atoms with E-state index in [1.807, 2.05) is 6.92 Å². The molecule has 1 saturated heterocycles. The molecule has 1 aliphatic carbocycles. The largest absolute Gasteiger partial charge is 0.480 e. The van der Waals surface area contributed by atoms with E-state index in [1.165, 1.54) is 4.90 Å². The van der Waals surface area contributed by atoms with Crippen molar-refractivity contribution < 1.29 is 14.7 Å². The Kier molecular flexibility index (Phi) is 3.13. The molecular weight excluding hydrogens is 232 g/mol. The summed E-state index contributed by atoms with van der Waals surface area (Å²) in [5.74, 6) is -0.693. The van der Waals surface area contributed by atoms with Crippen LogP contribution in [0.5, 0.6) is 0 Å². The van der Waals surface area contributed by atoms with Crippen LogP contribution in [0.1, 0.15) is 33.6 Å². The Morgan fingerprint density at radius 2 is 2.11 bits per heavy atom. The molecule has 0 radical (unpaired) electrons. The Labute approximate surface area is 107 Å². The molecule has 1 unspecified atom stereocenters. The van der Waals surface area contributed by atoms with Crippen molar-refractivity contribution in [3.05, 3.63) is 0 Å². The van der Waals surface area contributed by atoms with Crippen LogP contribution in [0.2, 0.25) is 0 Å². The first-order valence-electron chi connectivity index (χ1n) is 6.61. The van der Waals surface area contributed by atoms with E-state index in [9.17, 15) is 14.7 Å². The third-order valence-corrected chi connectivity index (χ3v) is 4.66. The molecule has 18 heavy (non-hydrogen) atoms. The van der Waals surface area contributed by atoms with Gasteiger partial charge in [-0.2, -0.15) is 0 Å². The summed E-state index contributed by atoms with van der Waals surface area (Å²) in [6, 6.07) is -1.24. The third kappa shape index (κ3) is 1.81. The Hall–Kier alpha value is -1.10. The number of nitrogens with zero attached hydrogens (tertiary/aromatic N) is 1. The molecule has 5 nitrogen and oxygen atoms in total. The van der Waals surface area contributed by atoms with E-state index < -0.39 is 18.1 Å². The van der Waals surface area contributed by atoms with Gasteiger partial charge in [0.05, 0.1) is 6.04 Å². The van der Waals surface area contributed by atoms with Gasteiger partial charge in [0, 0.05) is 12.5 Å². The number of hydrogen-bond acceptors (Lipinski definition) is 3. The number of rotatable bonds is 4. The first kappa shape index (κ1) is 13.3. The number of fused-ring (bicyclic) bond motifs is 1. The third-order valence-electron chi connectivity index (χ3n) is 4.66. The summed E-state index contributed by atoms with van der Waals surface area (Å²) in [6.07, 6.45) is 1.44. The summed E-state index contributed by atoms with van der Waals surface area (Å²) < 4.78 is 0. The molecule has 2 aliphatic rings. The molecule has 0 bridgehead atoms. The molecule has 5 heteroatoms. The molecule has 0 aromatic rings. The van der Waals surface area contributed by atoms with Gasteiger partial charge in [0.25, 0.3) is 0 Å². The van der Waals surface area contributed by atoms with Gasteiger partial charge in [-0.15, -0.1) is 0 Å². The highest BCUT2D eigenvalue weighted by molar-refractivity contribution is 5.88. The number of carboxylic acid groups (broad SMARTS) is 1. The summed E-state index contributed by atoms with van der Waals surface area (Å²) in [5, 5.41) is 9.34. The maximum absolute atomic E-state index is 12.2. The smallest absolute Gasteiger partial charge is 0.326 e. The lowest BCUT2D eigenvalue weighted by molar-refractivity contribution is -0.150. The minimum absolute atomic E-state index is 0.0503. The number of carbonyl (C=O) groups excluding carboxylic acids is 1. The molecule has 102 valence electrons. The number of aliphatic carboxylic acids is 1. The lowest BCUT2D eigenvalue weighted by Gasteiger charge is -2.30. The second-order valence-corrected chi connectivity index (χ2v) is 6.12. The molecule has 1 amide bonds. The van der Waals surface area contributed by atoms with Crippen LogP contribution < -0.4 is 5.73 Å². The number of carbonyl (C=O) groups is 2. The summed E-state index contributed by atoms with van der Waals surface area (Å²) in [4.78, 5) is 25.0. The molecule has 0 aromatic heterocycles. The zero-order chi connectivity index (χ0) is 13.7. The van der Waals surface area contributed by atoms with Crippen LogP contribution >= 0.6 is 0 Å². The van der Waals surface area contributed by atoms with E-state index in [2.05, 4.69) is 13.8 Å². The Bertz CT molecular complexity index is 380. The van der Waals surface area contributed by atoms with Gasteiger partial charge in [0.2, 0.25) is 5.91 Å². The van der Waals surface area contributed by atoms with E-state index in [0.717, 1.165) is 6.42 Å². The normalized spacial score (nSPS) is 34.0. The van der Waals surface area contributed by atoms with Gasteiger partial charge in [-0.25, -0.2) is 4.79 Å². The Morgan fingerprint density at radius 1 is 1.50 bits per heavy atom. The van der Waals surface area contributed by atoms with Crippen LogP contribution in [0, 0.1) is 17.3 Å². The van der Waals surface area contributed by atoms with Crippen molar-refractivity contribution in [1.82, 2.24) is 4.90 Å². The van der Waals surface area contributed by atoms with Gasteiger partial charge in [-0.05, 0) is 17.8 Å². The van der Waals surface area contributed by atoms with Crippen LogP contribution in [-0.2, 0) is 9.59 Å². The van der Waals surface area contributed by atoms with Gasteiger partial charge >= 0.3 is 5.97 Å². The highest BCUT2D eigenvalue weighted by Gasteiger charge is 2.69. The van der Waals surface area contributed by atoms with Crippen molar-refractivity contribution in [2.75, 3.05) is 6.54 Å². The van der Waals surface area contributed by atoms with E-state index >= 15 is 0 Å². The van der Waals surface area contributed by atoms with Gasteiger partial charge < -0.3 is 15.7 Å². The Morgan fingerprint density at radius 3 is 2.61 bits per heavy atom. The van der Waals surface area contributed by atoms with Crippen molar-refractivity contribution in [2.24, 2.45) is 23.0 Å². The average molecular weight is 254 g/mol. The predicted octanol–water partition coefficient (Wildman–Crippen LogP) is 0.681. The number of piperidine rings is 1. The van der Waals surface area contributed by atoms with Gasteiger partial charge in [0.15, 0.2) is 0 Å². The molecule has 1 aliphatic heterocycles. The zero-order valence-corrected chi connectivity index (χ0v) is 11.2. The standard InChI is InChI=1S/C13H22N2O3/c1-4-5-8(14)11(16)15-6-7-9(13(7,2)3)10(15)12(17)18/h7-10H,4-6,14H2,1-3H3,(H,17,18)/t7-,8?,9-,10-/m0/s1. The van der Waals surface area contributed by atoms with E-state index in [4.69, 9.17) is 5.73 Å². The topological polar surface area (TPSA) is 83.6 Å². The molecule has 2 fully saturated rings. The number of likely N-dealkylation sites (tertiary alicyclic amines) is 1. The highest BCUT2D eigenvalue weighted by Crippen LogP contribution is 2.64. The summed E-state index contributed by atoms with van der Waals surface area (Å²) in [6.45, 7) is 6.66. The lowest BCUT2D eigenvalue weighted by Crippen LogP contribution is -2.51. The van der Waals surface area contributed by atoms with Gasteiger partial charge in [-0.1, -0.05) is 27.2 Å². The molecule has 0 aromatic carbocycles. The van der Waals surface area contributed by atoms with Crippen molar-refractivity contribution in [1.29, 1.82) is 0 Å². The lowest BCUT2D eigenvalue weighted by atomic mass is 10.00. The maximum Gasteiger partial charge on any atom is 0.326 e. The van der Waals surface area contributed by atoms with Crippen molar-refractivity contribution in [3.63, 3.8) is 0 Å². The fourth-order valence-electron chi connectivity index (χ4n) is 3.44. The van der Waals surface area contributed by atoms with Crippen LogP contribution in [0.15, 0.2) is 0 Å². The predicted molar refractivity (Wildman–Crippen MR) is 66.8 cm³/mol. The summed E-state index contributed by atoms with van der Waals surface area (Å²) in [5.41, 5.74) is 5.86. The highest BCUT2D eigenvalue weighted by atomic mass is 16.4. The van der Waals surface area contributed by atoms with Gasteiger partial charge in [0.1, 0.15) is 6.04 Å². The first-order valence-corrected chi connectivity index (χ1v) is 6.61. The molecule has 0 spiro atoms. The molecule has 1 heterocycles. The van der Waals surface area contributed by atoms with Gasteiger partial charge in [-0.3, -0.25) is 4.79 Å². The molecule has 3 N–H and O–H groups in total. The average Bonchev–Trinajstić information content (AvgIpc) is 2.68. The fourth-order valence-corrected chi connectivity index (χ4v) is 3.44. The number of nitrogens with two attached hydrogens (primary N) is 1. The summed E-state index contributed by atoms with van der Waals surface area (Å²) >= 11 is 0. The van der Waals surface area contributed by atoms with Crippen LogP contribution in [0.25, 0.3) is 0 Å². The SMILES string of the molecule is CCCC(N)C(=O)N1C[C@H]2[C@@H]([C@H]1C(=O)O)C2(C)C. The van der Waals surface area contributed by atoms with Crippen LogP contribution in [-0.4, -0.2) is 40.5 Å². The number of carboxylic acids is 1. The van der Waals surface area contributed by atoms with Crippen LogP contribution in [0.4, 0.5) is 0 Å². The molecule has 4 atom stereocenters. The Balaban J connectivity index is 2.11. The molecule has 1 saturated carbocycles. The molecular formula is C13H22N2O3. The first-order chi connectivity index (χ1) is 8.32. The number of amides is 1. The maximum atomic E-state index is 12.2. The van der Waals surface area contributed by atoms with Crippen molar-refractivity contribution in [3.8, 4) is 0 Å². The minimum atomic E-state index is -0.898. The minimum Gasteiger partial charge on any atom is -0.480 e. The zero-order valence-electron chi connectivity index (χ0n) is 11.2. The fraction of sp³-hybridized carbons (Fsp3) is 0.846. The van der Waals surface area contributed by atoms with Crippen molar-refractivity contribution in [2.45, 2.75) is 45.7 Å². The summed E-state index contributed by atoms with van der Waals surface area (Å²) in [7, 11) is 0. The van der Waals surface area contributed by atoms with Crippen LogP contribution in [0.3, 0.4) is 0 Å².